The minimum atomic E-state index is -1.42. The van der Waals surface area contributed by atoms with Gasteiger partial charge in [-0.3, -0.25) is 10.1 Å². The molecule has 1 aromatic carbocycles. The molecule has 0 heterocycles. The molecule has 1 unspecified atom stereocenters. The molecule has 8 nitrogen and oxygen atoms in total. The first-order chi connectivity index (χ1) is 8.84. The van der Waals surface area contributed by atoms with Crippen molar-refractivity contribution < 1.29 is 19.9 Å². The van der Waals surface area contributed by atoms with Gasteiger partial charge in [-0.15, -0.1) is 0 Å². The van der Waals surface area contributed by atoms with E-state index in [1.807, 2.05) is 0 Å². The van der Waals surface area contributed by atoms with Crippen LogP contribution >= 0.6 is 0 Å². The van der Waals surface area contributed by atoms with Gasteiger partial charge in [0, 0.05) is 17.8 Å². The SMILES string of the molecule is CC(O)(CO)CNC(=O)Nc1cccc([N+](=O)[O-])c1. The summed E-state index contributed by atoms with van der Waals surface area (Å²) in [7, 11) is 0. The van der Waals surface area contributed by atoms with E-state index in [4.69, 9.17) is 5.11 Å². The number of rotatable bonds is 5. The Morgan fingerprint density at radius 2 is 2.21 bits per heavy atom. The Hall–Kier alpha value is -2.19. The Labute approximate surface area is 109 Å². The molecule has 0 saturated carbocycles. The maximum Gasteiger partial charge on any atom is 0.319 e. The zero-order valence-electron chi connectivity index (χ0n) is 10.3. The maximum atomic E-state index is 11.5. The predicted octanol–water partition coefficient (Wildman–Crippen LogP) is 0.460. The van der Waals surface area contributed by atoms with E-state index in [-0.39, 0.29) is 17.9 Å². The molecular weight excluding hydrogens is 254 g/mol. The summed E-state index contributed by atoms with van der Waals surface area (Å²) in [6.07, 6.45) is 0. The third kappa shape index (κ3) is 4.90. The van der Waals surface area contributed by atoms with Crippen molar-refractivity contribution in [2.75, 3.05) is 18.5 Å². The average molecular weight is 269 g/mol. The third-order valence-electron chi connectivity index (χ3n) is 2.29. The van der Waals surface area contributed by atoms with Gasteiger partial charge in [0.05, 0.1) is 18.1 Å². The lowest BCUT2D eigenvalue weighted by Gasteiger charge is -2.20. The van der Waals surface area contributed by atoms with Crippen molar-refractivity contribution in [3.05, 3.63) is 34.4 Å². The number of nitro groups is 1. The highest BCUT2D eigenvalue weighted by atomic mass is 16.6. The number of aliphatic hydroxyl groups is 2. The maximum absolute atomic E-state index is 11.5. The highest BCUT2D eigenvalue weighted by Crippen LogP contribution is 2.16. The molecule has 4 N–H and O–H groups in total. The summed E-state index contributed by atoms with van der Waals surface area (Å²) in [5.41, 5.74) is -1.30. The van der Waals surface area contributed by atoms with Crippen LogP contribution in [0.15, 0.2) is 24.3 Å². The number of non-ortho nitro benzene ring substituents is 1. The second-order valence-corrected chi connectivity index (χ2v) is 4.27. The number of carbonyl (C=O) groups is 1. The summed E-state index contributed by atoms with van der Waals surface area (Å²) in [6.45, 7) is 0.717. The minimum Gasteiger partial charge on any atom is -0.393 e. The number of hydrogen-bond donors (Lipinski definition) is 4. The predicted molar refractivity (Wildman–Crippen MR) is 67.8 cm³/mol. The molecule has 0 aliphatic heterocycles. The number of hydrogen-bond acceptors (Lipinski definition) is 5. The standard InChI is InChI=1S/C11H15N3O5/c1-11(17,7-15)6-12-10(16)13-8-3-2-4-9(5-8)14(18)19/h2-5,15,17H,6-7H2,1H3,(H2,12,13,16). The lowest BCUT2D eigenvalue weighted by atomic mass is 10.1. The molecule has 104 valence electrons. The average Bonchev–Trinajstić information content (AvgIpc) is 2.37. The zero-order valence-corrected chi connectivity index (χ0v) is 10.3. The van der Waals surface area contributed by atoms with E-state index in [0.717, 1.165) is 0 Å². The quantitative estimate of drug-likeness (QED) is 0.456. The van der Waals surface area contributed by atoms with Crippen molar-refractivity contribution >= 4 is 17.4 Å². The molecule has 0 aliphatic carbocycles. The Balaban J connectivity index is 2.58. The second kappa shape index (κ2) is 6.12. The summed E-state index contributed by atoms with van der Waals surface area (Å²) < 4.78 is 0. The highest BCUT2D eigenvalue weighted by molar-refractivity contribution is 5.89. The van der Waals surface area contributed by atoms with Gasteiger partial charge in [0.15, 0.2) is 0 Å². The van der Waals surface area contributed by atoms with E-state index < -0.39 is 23.2 Å². The Morgan fingerprint density at radius 1 is 1.53 bits per heavy atom. The van der Waals surface area contributed by atoms with E-state index in [2.05, 4.69) is 10.6 Å². The molecule has 0 saturated heterocycles. The zero-order chi connectivity index (χ0) is 14.5. The van der Waals surface area contributed by atoms with Gasteiger partial charge in [-0.2, -0.15) is 0 Å². The summed E-state index contributed by atoms with van der Waals surface area (Å²) in [6, 6.07) is 4.83. The van der Waals surface area contributed by atoms with E-state index >= 15 is 0 Å². The minimum absolute atomic E-state index is 0.139. The van der Waals surface area contributed by atoms with Gasteiger partial charge in [0.25, 0.3) is 5.69 Å². The van der Waals surface area contributed by atoms with Gasteiger partial charge < -0.3 is 20.8 Å². The summed E-state index contributed by atoms with van der Waals surface area (Å²) >= 11 is 0. The van der Waals surface area contributed by atoms with Crippen molar-refractivity contribution in [2.24, 2.45) is 0 Å². The van der Waals surface area contributed by atoms with Gasteiger partial charge in [0.1, 0.15) is 5.60 Å². The van der Waals surface area contributed by atoms with Crippen molar-refractivity contribution in [3.8, 4) is 0 Å². The van der Waals surface area contributed by atoms with Crippen LogP contribution in [0.1, 0.15) is 6.92 Å². The fourth-order valence-corrected chi connectivity index (χ4v) is 1.20. The number of nitrogens with one attached hydrogen (secondary N) is 2. The second-order valence-electron chi connectivity index (χ2n) is 4.27. The van der Waals surface area contributed by atoms with Gasteiger partial charge in [0.2, 0.25) is 0 Å². The monoisotopic (exact) mass is 269 g/mol. The molecule has 19 heavy (non-hydrogen) atoms. The molecule has 1 aromatic rings. The van der Waals surface area contributed by atoms with Gasteiger partial charge in [-0.05, 0) is 13.0 Å². The summed E-state index contributed by atoms with van der Waals surface area (Å²) in [5, 5.41) is 33.5. The van der Waals surface area contributed by atoms with Crippen LogP contribution in [0.3, 0.4) is 0 Å². The van der Waals surface area contributed by atoms with Gasteiger partial charge in [-0.25, -0.2) is 4.79 Å². The van der Waals surface area contributed by atoms with Crippen LogP contribution in [-0.2, 0) is 0 Å². The Bertz CT molecular complexity index is 475. The van der Waals surface area contributed by atoms with Crippen molar-refractivity contribution in [1.82, 2.24) is 5.32 Å². The fourth-order valence-electron chi connectivity index (χ4n) is 1.20. The van der Waals surface area contributed by atoms with Crippen LogP contribution in [0.25, 0.3) is 0 Å². The smallest absolute Gasteiger partial charge is 0.319 e. The van der Waals surface area contributed by atoms with Crippen LogP contribution in [0.2, 0.25) is 0 Å². The first-order valence-electron chi connectivity index (χ1n) is 5.46. The number of anilines is 1. The van der Waals surface area contributed by atoms with Gasteiger partial charge in [-0.1, -0.05) is 6.07 Å². The van der Waals surface area contributed by atoms with Crippen molar-refractivity contribution in [3.63, 3.8) is 0 Å². The van der Waals surface area contributed by atoms with E-state index in [1.165, 1.54) is 31.2 Å². The number of urea groups is 1. The molecule has 0 aliphatic rings. The van der Waals surface area contributed by atoms with Crippen LogP contribution in [0, 0.1) is 10.1 Å². The van der Waals surface area contributed by atoms with Crippen LogP contribution in [0.4, 0.5) is 16.2 Å². The van der Waals surface area contributed by atoms with Crippen LogP contribution < -0.4 is 10.6 Å². The number of aliphatic hydroxyl groups excluding tert-OH is 1. The first-order valence-corrected chi connectivity index (χ1v) is 5.46. The van der Waals surface area contributed by atoms with E-state index in [0.29, 0.717) is 0 Å². The van der Waals surface area contributed by atoms with Crippen LogP contribution in [0.5, 0.6) is 0 Å². The molecule has 0 fully saturated rings. The number of benzene rings is 1. The molecular formula is C11H15N3O5. The first kappa shape index (κ1) is 14.9. The fraction of sp³-hybridized carbons (Fsp3) is 0.364. The highest BCUT2D eigenvalue weighted by Gasteiger charge is 2.19. The normalized spacial score (nSPS) is 13.4. The Kier molecular flexibility index (Phi) is 4.79. The molecule has 0 bridgehead atoms. The molecule has 2 amide bonds. The van der Waals surface area contributed by atoms with Crippen molar-refractivity contribution in [2.45, 2.75) is 12.5 Å². The summed E-state index contributed by atoms with van der Waals surface area (Å²) in [5.74, 6) is 0. The number of nitrogens with zero attached hydrogens (tertiary/aromatic N) is 1. The molecule has 0 radical (unpaired) electrons. The number of carbonyl (C=O) groups excluding carboxylic acids is 1. The third-order valence-corrected chi connectivity index (χ3v) is 2.29. The lowest BCUT2D eigenvalue weighted by molar-refractivity contribution is -0.384. The van der Waals surface area contributed by atoms with E-state index in [9.17, 15) is 20.0 Å². The topological polar surface area (TPSA) is 125 Å². The van der Waals surface area contributed by atoms with Crippen molar-refractivity contribution in [1.29, 1.82) is 0 Å². The number of amides is 2. The van der Waals surface area contributed by atoms with Crippen LogP contribution in [-0.4, -0.2) is 39.9 Å². The molecule has 8 heteroatoms. The largest absolute Gasteiger partial charge is 0.393 e. The molecule has 1 rings (SSSR count). The van der Waals surface area contributed by atoms with E-state index in [1.54, 1.807) is 0 Å². The molecule has 1 atom stereocenters. The molecule has 0 aromatic heterocycles. The number of nitro benzene ring substituents is 1. The Morgan fingerprint density at radius 3 is 2.79 bits per heavy atom. The summed E-state index contributed by atoms with van der Waals surface area (Å²) in [4.78, 5) is 21.5. The van der Waals surface area contributed by atoms with Gasteiger partial charge >= 0.3 is 6.03 Å². The molecule has 0 spiro atoms. The lowest BCUT2D eigenvalue weighted by Crippen LogP contribution is -2.44.